The van der Waals surface area contributed by atoms with Gasteiger partial charge in [0.2, 0.25) is 5.91 Å². The Morgan fingerprint density at radius 2 is 2.08 bits per heavy atom. The highest BCUT2D eigenvalue weighted by Crippen LogP contribution is 2.58. The number of amides is 1. The van der Waals surface area contributed by atoms with Crippen LogP contribution in [0.2, 0.25) is 0 Å². The van der Waals surface area contributed by atoms with Crippen LogP contribution in [0, 0.1) is 11.3 Å². The zero-order valence-corrected chi connectivity index (χ0v) is 15.4. The maximum atomic E-state index is 12.6. The second-order valence-corrected chi connectivity index (χ2v) is 9.11. The van der Waals surface area contributed by atoms with Crippen molar-refractivity contribution in [2.75, 3.05) is 25.0 Å². The fourth-order valence-electron chi connectivity index (χ4n) is 4.00. The molecule has 1 saturated carbocycles. The minimum Gasteiger partial charge on any atom is -0.326 e. The van der Waals surface area contributed by atoms with Crippen molar-refractivity contribution in [3.8, 4) is 0 Å². The topological polar surface area (TPSA) is 99.7 Å². The molecule has 7 nitrogen and oxygen atoms in total. The maximum absolute atomic E-state index is 12.6. The van der Waals surface area contributed by atoms with Crippen molar-refractivity contribution >= 4 is 27.5 Å². The Kier molecular flexibility index (Phi) is 4.48. The van der Waals surface area contributed by atoms with Crippen molar-refractivity contribution in [1.29, 1.82) is 0 Å². The van der Waals surface area contributed by atoms with Crippen molar-refractivity contribution in [2.24, 2.45) is 16.3 Å². The lowest BCUT2D eigenvalue weighted by Gasteiger charge is -2.23. The summed E-state index contributed by atoms with van der Waals surface area (Å²) in [5.74, 6) is 0.538. The number of benzene rings is 1. The molecule has 1 aromatic carbocycles. The highest BCUT2D eigenvalue weighted by Gasteiger charge is 2.57. The van der Waals surface area contributed by atoms with Crippen molar-refractivity contribution in [3.63, 3.8) is 0 Å². The number of nitrogens with one attached hydrogen (secondary N) is 3. The molecular formula is C18H24N4O3S. The third kappa shape index (κ3) is 3.48. The van der Waals surface area contributed by atoms with Gasteiger partial charge in [-0.1, -0.05) is 6.07 Å². The summed E-state index contributed by atoms with van der Waals surface area (Å²) >= 11 is 0. The molecule has 2 heterocycles. The van der Waals surface area contributed by atoms with Crippen LogP contribution in [0.25, 0.3) is 0 Å². The number of anilines is 1. The molecule has 2 fully saturated rings. The quantitative estimate of drug-likeness (QED) is 0.741. The lowest BCUT2D eigenvalue weighted by atomic mass is 9.92. The molecule has 0 aromatic heterocycles. The van der Waals surface area contributed by atoms with Crippen LogP contribution in [0.15, 0.2) is 34.2 Å². The molecule has 3 aliphatic rings. The second kappa shape index (κ2) is 6.66. The van der Waals surface area contributed by atoms with E-state index in [1.807, 2.05) is 0 Å². The van der Waals surface area contributed by atoms with Crippen molar-refractivity contribution in [1.82, 2.24) is 10.0 Å². The Balaban J connectivity index is 1.43. The van der Waals surface area contributed by atoms with E-state index in [0.717, 1.165) is 38.8 Å². The molecule has 8 heteroatoms. The second-order valence-electron chi connectivity index (χ2n) is 7.42. The number of carbonyl (C=O) groups excluding carboxylic acids is 1. The van der Waals surface area contributed by atoms with Crippen LogP contribution in [-0.4, -0.2) is 39.8 Å². The molecule has 1 saturated heterocycles. The smallest absolute Gasteiger partial charge is 0.262 e. The van der Waals surface area contributed by atoms with Gasteiger partial charge in [0, 0.05) is 24.6 Å². The molecule has 3 N–H and O–H groups in total. The average Bonchev–Trinajstić information content (AvgIpc) is 3.07. The number of nitrogens with zero attached hydrogens (tertiary/aromatic N) is 1. The van der Waals surface area contributed by atoms with Gasteiger partial charge >= 0.3 is 0 Å². The molecular weight excluding hydrogens is 352 g/mol. The Labute approximate surface area is 153 Å². The monoisotopic (exact) mass is 376 g/mol. The highest BCUT2D eigenvalue weighted by molar-refractivity contribution is 7.90. The summed E-state index contributed by atoms with van der Waals surface area (Å²) in [5, 5.41) is 6.23. The number of carbonyl (C=O) groups is 1. The maximum Gasteiger partial charge on any atom is 0.262 e. The summed E-state index contributed by atoms with van der Waals surface area (Å²) in [7, 11) is -3.67. The van der Waals surface area contributed by atoms with Gasteiger partial charge in [0.05, 0.1) is 4.90 Å². The molecule has 1 spiro atoms. The van der Waals surface area contributed by atoms with Crippen LogP contribution in [0.5, 0.6) is 0 Å². The molecule has 1 aliphatic carbocycles. The molecule has 2 aliphatic heterocycles. The summed E-state index contributed by atoms with van der Waals surface area (Å²) in [5.41, 5.74) is 0.670. The number of sulfonamides is 1. The van der Waals surface area contributed by atoms with E-state index in [9.17, 15) is 13.2 Å². The molecule has 1 amide bonds. The van der Waals surface area contributed by atoms with E-state index in [-0.39, 0.29) is 22.1 Å². The Bertz CT molecular complexity index is 844. The lowest BCUT2D eigenvalue weighted by Crippen LogP contribution is -2.31. The predicted molar refractivity (Wildman–Crippen MR) is 99.6 cm³/mol. The molecule has 4 rings (SSSR count). The summed E-state index contributed by atoms with van der Waals surface area (Å²) < 4.78 is 27.5. The Morgan fingerprint density at radius 3 is 2.81 bits per heavy atom. The summed E-state index contributed by atoms with van der Waals surface area (Å²) in [6, 6.07) is 6.40. The predicted octanol–water partition coefficient (Wildman–Crippen LogP) is 1.49. The number of hydrogen-bond acceptors (Lipinski definition) is 5. The van der Waals surface area contributed by atoms with Gasteiger partial charge in [0.25, 0.3) is 10.0 Å². The molecule has 1 atom stereocenters. The third-order valence-electron chi connectivity index (χ3n) is 5.64. The Hall–Kier alpha value is -1.93. The van der Waals surface area contributed by atoms with Gasteiger partial charge in [-0.3, -0.25) is 14.5 Å². The first-order valence-electron chi connectivity index (χ1n) is 9.16. The minimum absolute atomic E-state index is 0.00502. The summed E-state index contributed by atoms with van der Waals surface area (Å²) in [6.07, 6.45) is 4.51. The average molecular weight is 376 g/mol. The van der Waals surface area contributed by atoms with Crippen LogP contribution < -0.4 is 15.4 Å². The van der Waals surface area contributed by atoms with E-state index in [4.69, 9.17) is 0 Å². The first-order valence-corrected chi connectivity index (χ1v) is 10.6. The number of piperidine rings is 1. The van der Waals surface area contributed by atoms with Crippen LogP contribution >= 0.6 is 0 Å². The van der Waals surface area contributed by atoms with Gasteiger partial charge < -0.3 is 10.6 Å². The lowest BCUT2D eigenvalue weighted by molar-refractivity contribution is -0.118. The molecule has 140 valence electrons. The zero-order valence-electron chi connectivity index (χ0n) is 14.6. The van der Waals surface area contributed by atoms with E-state index >= 15 is 0 Å². The Morgan fingerprint density at radius 1 is 1.27 bits per heavy atom. The molecule has 0 bridgehead atoms. The molecule has 1 unspecified atom stereocenters. The molecule has 1 aromatic rings. The van der Waals surface area contributed by atoms with Crippen molar-refractivity contribution in [3.05, 3.63) is 24.3 Å². The van der Waals surface area contributed by atoms with Gasteiger partial charge in [0.15, 0.2) is 0 Å². The van der Waals surface area contributed by atoms with Gasteiger partial charge in [-0.05, 0) is 62.4 Å². The number of aliphatic imine (C=N–C) groups is 1. The molecule has 26 heavy (non-hydrogen) atoms. The normalized spacial score (nSPS) is 24.2. The van der Waals surface area contributed by atoms with E-state index in [0.29, 0.717) is 24.5 Å². The number of hydrogen-bond donors (Lipinski definition) is 3. The van der Waals surface area contributed by atoms with Gasteiger partial charge in [-0.2, -0.15) is 0 Å². The van der Waals surface area contributed by atoms with Gasteiger partial charge in [-0.15, -0.1) is 0 Å². The SMILES string of the molecule is O=C(Nc1cccc(S(=O)(=O)NC2=NCCC2)c1)C1CC12CCNCC2. The van der Waals surface area contributed by atoms with Crippen LogP contribution in [-0.2, 0) is 14.8 Å². The first-order chi connectivity index (χ1) is 12.5. The zero-order chi connectivity index (χ0) is 18.2. The molecule has 0 radical (unpaired) electrons. The van der Waals surface area contributed by atoms with Gasteiger partial charge in [0.1, 0.15) is 5.84 Å². The first kappa shape index (κ1) is 17.5. The fourth-order valence-corrected chi connectivity index (χ4v) is 5.14. The van der Waals surface area contributed by atoms with Crippen LogP contribution in [0.3, 0.4) is 0 Å². The number of amidine groups is 1. The van der Waals surface area contributed by atoms with E-state index < -0.39 is 10.0 Å². The van der Waals surface area contributed by atoms with Crippen molar-refractivity contribution in [2.45, 2.75) is 37.0 Å². The largest absolute Gasteiger partial charge is 0.326 e. The summed E-state index contributed by atoms with van der Waals surface area (Å²) in [6.45, 7) is 2.59. The van der Waals surface area contributed by atoms with Crippen LogP contribution in [0.4, 0.5) is 5.69 Å². The minimum atomic E-state index is -3.67. The summed E-state index contributed by atoms with van der Waals surface area (Å²) in [4.78, 5) is 16.9. The number of rotatable bonds is 4. The standard InChI is InChI=1S/C18H24N4O3S/c23-17(15-12-18(15)6-9-19-10-7-18)21-13-3-1-4-14(11-13)26(24,25)22-16-5-2-8-20-16/h1,3-4,11,15,19H,2,5-10,12H2,(H,20,22)(H,21,23). The third-order valence-corrected chi connectivity index (χ3v) is 7.02. The van der Waals surface area contributed by atoms with E-state index in [1.165, 1.54) is 12.1 Å². The highest BCUT2D eigenvalue weighted by atomic mass is 32.2. The van der Waals surface area contributed by atoms with Crippen LogP contribution in [0.1, 0.15) is 32.1 Å². The van der Waals surface area contributed by atoms with Gasteiger partial charge in [-0.25, -0.2) is 8.42 Å². The van der Waals surface area contributed by atoms with E-state index in [1.54, 1.807) is 12.1 Å². The fraction of sp³-hybridized carbons (Fsp3) is 0.556. The van der Waals surface area contributed by atoms with E-state index in [2.05, 4.69) is 20.3 Å². The van der Waals surface area contributed by atoms with Crippen molar-refractivity contribution < 1.29 is 13.2 Å².